The van der Waals surface area contributed by atoms with Gasteiger partial charge in [0.2, 0.25) is 0 Å². The van der Waals surface area contributed by atoms with Gasteiger partial charge in [0.25, 0.3) is 0 Å². The minimum atomic E-state index is -0.769. The highest BCUT2D eigenvalue weighted by molar-refractivity contribution is 5.75. The van der Waals surface area contributed by atoms with Gasteiger partial charge < -0.3 is 20.4 Å². The number of carbonyl (C=O) groups excluding carboxylic acids is 1. The number of aliphatic hydroxyl groups excluding tert-OH is 1. The van der Waals surface area contributed by atoms with Crippen LogP contribution < -0.4 is 5.32 Å². The summed E-state index contributed by atoms with van der Waals surface area (Å²) in [6.07, 6.45) is 4.44. The number of hydrogen-bond acceptors (Lipinski definition) is 3. The van der Waals surface area contributed by atoms with Crippen molar-refractivity contribution < 1.29 is 19.8 Å². The third-order valence-corrected chi connectivity index (χ3v) is 3.61. The molecule has 19 heavy (non-hydrogen) atoms. The number of amides is 2. The van der Waals surface area contributed by atoms with Crippen LogP contribution in [0.2, 0.25) is 0 Å². The second-order valence-corrected chi connectivity index (χ2v) is 5.20. The van der Waals surface area contributed by atoms with Gasteiger partial charge in [0.05, 0.1) is 5.92 Å². The monoisotopic (exact) mass is 272 g/mol. The maximum Gasteiger partial charge on any atom is 0.317 e. The van der Waals surface area contributed by atoms with E-state index >= 15 is 0 Å². The lowest BCUT2D eigenvalue weighted by atomic mass is 10.1. The summed E-state index contributed by atoms with van der Waals surface area (Å²) in [4.78, 5) is 24.3. The van der Waals surface area contributed by atoms with Gasteiger partial charge in [0, 0.05) is 26.2 Å². The van der Waals surface area contributed by atoms with Crippen LogP contribution in [0.1, 0.15) is 38.5 Å². The van der Waals surface area contributed by atoms with Crippen LogP contribution in [-0.2, 0) is 4.79 Å². The summed E-state index contributed by atoms with van der Waals surface area (Å²) in [5, 5.41) is 20.4. The zero-order valence-electron chi connectivity index (χ0n) is 11.5. The molecule has 110 valence electrons. The van der Waals surface area contributed by atoms with Gasteiger partial charge in [-0.15, -0.1) is 0 Å². The van der Waals surface area contributed by atoms with Crippen molar-refractivity contribution in [3.8, 4) is 0 Å². The summed E-state index contributed by atoms with van der Waals surface area (Å²) in [7, 11) is 1.73. The second-order valence-electron chi connectivity index (χ2n) is 5.20. The molecule has 0 spiro atoms. The number of nitrogens with one attached hydrogen (secondary N) is 1. The lowest BCUT2D eigenvalue weighted by Gasteiger charge is -2.21. The van der Waals surface area contributed by atoms with E-state index in [1.807, 2.05) is 0 Å². The molecule has 6 heteroatoms. The van der Waals surface area contributed by atoms with E-state index in [1.54, 1.807) is 11.9 Å². The van der Waals surface area contributed by atoms with E-state index in [0.717, 1.165) is 25.7 Å². The second kappa shape index (κ2) is 7.99. The first-order chi connectivity index (χ1) is 9.04. The molecule has 0 aromatic carbocycles. The number of hydrogen-bond donors (Lipinski definition) is 3. The molecule has 0 aromatic heterocycles. The SMILES string of the molecule is CN(CCCCCO)C(=O)NC1CCC(C(=O)O)C1. The molecule has 0 saturated heterocycles. The molecule has 3 N–H and O–H groups in total. The standard InChI is InChI=1S/C13H24N2O4/c1-15(7-3-2-4-8-16)13(19)14-11-6-5-10(9-11)12(17)18/h10-11,16H,2-9H2,1H3,(H,14,19)(H,17,18). The molecule has 0 aromatic rings. The van der Waals surface area contributed by atoms with Gasteiger partial charge in [-0.25, -0.2) is 4.79 Å². The molecular formula is C13H24N2O4. The maximum atomic E-state index is 11.9. The summed E-state index contributed by atoms with van der Waals surface area (Å²) in [5.74, 6) is -1.09. The highest BCUT2D eigenvalue weighted by atomic mass is 16.4. The molecule has 1 rings (SSSR count). The number of nitrogens with zero attached hydrogens (tertiary/aromatic N) is 1. The highest BCUT2D eigenvalue weighted by Gasteiger charge is 2.30. The van der Waals surface area contributed by atoms with Crippen molar-refractivity contribution in [3.05, 3.63) is 0 Å². The van der Waals surface area contributed by atoms with Crippen LogP contribution >= 0.6 is 0 Å². The Hall–Kier alpha value is -1.30. The van der Waals surface area contributed by atoms with Crippen LogP contribution in [0.5, 0.6) is 0 Å². The van der Waals surface area contributed by atoms with E-state index in [2.05, 4.69) is 5.32 Å². The Morgan fingerprint density at radius 2 is 2.00 bits per heavy atom. The van der Waals surface area contributed by atoms with Crippen molar-refractivity contribution in [2.45, 2.75) is 44.6 Å². The largest absolute Gasteiger partial charge is 0.481 e. The van der Waals surface area contributed by atoms with E-state index < -0.39 is 5.97 Å². The summed E-state index contributed by atoms with van der Waals surface area (Å²) < 4.78 is 0. The number of rotatable bonds is 7. The van der Waals surface area contributed by atoms with Gasteiger partial charge in [-0.1, -0.05) is 0 Å². The van der Waals surface area contributed by atoms with E-state index in [1.165, 1.54) is 0 Å². The van der Waals surface area contributed by atoms with Gasteiger partial charge in [-0.3, -0.25) is 4.79 Å². The minimum Gasteiger partial charge on any atom is -0.481 e. The van der Waals surface area contributed by atoms with Crippen LogP contribution in [0.15, 0.2) is 0 Å². The Bertz CT molecular complexity index is 309. The number of unbranched alkanes of at least 4 members (excludes halogenated alkanes) is 2. The van der Waals surface area contributed by atoms with E-state index in [0.29, 0.717) is 19.4 Å². The molecule has 0 radical (unpaired) electrons. The van der Waals surface area contributed by atoms with Crippen molar-refractivity contribution in [2.75, 3.05) is 20.2 Å². The van der Waals surface area contributed by atoms with Crippen molar-refractivity contribution in [2.24, 2.45) is 5.92 Å². The predicted molar refractivity (Wildman–Crippen MR) is 70.9 cm³/mol. The third kappa shape index (κ3) is 5.46. The number of aliphatic hydroxyl groups is 1. The van der Waals surface area contributed by atoms with Crippen LogP contribution in [-0.4, -0.2) is 53.4 Å². The molecule has 1 saturated carbocycles. The van der Waals surface area contributed by atoms with Crippen molar-refractivity contribution >= 4 is 12.0 Å². The first-order valence-corrected chi connectivity index (χ1v) is 6.90. The van der Waals surface area contributed by atoms with Crippen molar-refractivity contribution in [1.29, 1.82) is 0 Å². The minimum absolute atomic E-state index is 0.0199. The molecule has 0 bridgehead atoms. The van der Waals surface area contributed by atoms with Gasteiger partial charge in [0.15, 0.2) is 0 Å². The molecule has 1 fully saturated rings. The lowest BCUT2D eigenvalue weighted by molar-refractivity contribution is -0.141. The van der Waals surface area contributed by atoms with Crippen LogP contribution in [0.3, 0.4) is 0 Å². The molecule has 0 heterocycles. The maximum absolute atomic E-state index is 11.9. The number of carboxylic acids is 1. The Morgan fingerprint density at radius 3 is 2.58 bits per heavy atom. The van der Waals surface area contributed by atoms with Gasteiger partial charge in [-0.05, 0) is 38.5 Å². The summed E-state index contributed by atoms with van der Waals surface area (Å²) >= 11 is 0. The fourth-order valence-corrected chi connectivity index (χ4v) is 2.36. The molecule has 2 atom stereocenters. The summed E-state index contributed by atoms with van der Waals surface area (Å²) in [5.41, 5.74) is 0. The molecule has 6 nitrogen and oxygen atoms in total. The van der Waals surface area contributed by atoms with E-state index in [9.17, 15) is 9.59 Å². The average molecular weight is 272 g/mol. The van der Waals surface area contributed by atoms with E-state index in [-0.39, 0.29) is 24.6 Å². The van der Waals surface area contributed by atoms with Crippen LogP contribution in [0.25, 0.3) is 0 Å². The fraction of sp³-hybridized carbons (Fsp3) is 0.846. The highest BCUT2D eigenvalue weighted by Crippen LogP contribution is 2.25. The number of urea groups is 1. The first-order valence-electron chi connectivity index (χ1n) is 6.90. The van der Waals surface area contributed by atoms with Gasteiger partial charge >= 0.3 is 12.0 Å². The molecule has 1 aliphatic carbocycles. The normalized spacial score (nSPS) is 22.2. The third-order valence-electron chi connectivity index (χ3n) is 3.61. The Morgan fingerprint density at radius 1 is 1.26 bits per heavy atom. The number of carbonyl (C=O) groups is 2. The molecule has 2 amide bonds. The molecular weight excluding hydrogens is 248 g/mol. The Balaban J connectivity index is 2.21. The summed E-state index contributed by atoms with van der Waals surface area (Å²) in [6, 6.07) is -0.159. The van der Waals surface area contributed by atoms with E-state index in [4.69, 9.17) is 10.2 Å². The number of carboxylic acid groups (broad SMARTS) is 1. The molecule has 2 unspecified atom stereocenters. The summed E-state index contributed by atoms with van der Waals surface area (Å²) in [6.45, 7) is 0.843. The smallest absolute Gasteiger partial charge is 0.317 e. The predicted octanol–water partition coefficient (Wildman–Crippen LogP) is 1.04. The molecule has 0 aliphatic heterocycles. The quantitative estimate of drug-likeness (QED) is 0.604. The van der Waals surface area contributed by atoms with Gasteiger partial charge in [0.1, 0.15) is 0 Å². The van der Waals surface area contributed by atoms with Crippen molar-refractivity contribution in [3.63, 3.8) is 0 Å². The van der Waals surface area contributed by atoms with Crippen molar-refractivity contribution in [1.82, 2.24) is 10.2 Å². The van der Waals surface area contributed by atoms with Crippen LogP contribution in [0.4, 0.5) is 4.79 Å². The van der Waals surface area contributed by atoms with Gasteiger partial charge in [-0.2, -0.15) is 0 Å². The number of aliphatic carboxylic acids is 1. The average Bonchev–Trinajstić information content (AvgIpc) is 2.83. The molecule has 1 aliphatic rings. The van der Waals surface area contributed by atoms with Crippen LogP contribution in [0, 0.1) is 5.92 Å². The first kappa shape index (κ1) is 15.8. The Kier molecular flexibility index (Phi) is 6.62. The zero-order valence-corrected chi connectivity index (χ0v) is 11.5. The fourth-order valence-electron chi connectivity index (χ4n) is 2.36. The lowest BCUT2D eigenvalue weighted by Crippen LogP contribution is -2.42. The Labute approximate surface area is 113 Å². The zero-order chi connectivity index (χ0) is 14.3. The topological polar surface area (TPSA) is 89.9 Å².